The van der Waals surface area contributed by atoms with Crippen LogP contribution in [0.2, 0.25) is 0 Å². The average molecular weight is 440 g/mol. The number of nitrogens with zero attached hydrogens (tertiary/aromatic N) is 3. The summed E-state index contributed by atoms with van der Waals surface area (Å²) in [7, 11) is 0. The highest BCUT2D eigenvalue weighted by molar-refractivity contribution is 6.18. The van der Waals surface area contributed by atoms with Crippen molar-refractivity contribution < 1.29 is 34.3 Å². The van der Waals surface area contributed by atoms with E-state index in [1.165, 1.54) is 0 Å². The summed E-state index contributed by atoms with van der Waals surface area (Å²) >= 11 is 5.59. The lowest BCUT2D eigenvalue weighted by molar-refractivity contribution is -0.199. The first-order valence-corrected chi connectivity index (χ1v) is 10.2. The summed E-state index contributed by atoms with van der Waals surface area (Å²) in [4.78, 5) is 24.6. The largest absolute Gasteiger partial charge is 0.387 e. The number of halogens is 1. The molecule has 0 aromatic rings. The molecular weight excluding hydrogens is 410 g/mol. The van der Waals surface area contributed by atoms with Crippen molar-refractivity contribution in [2.45, 2.75) is 63.6 Å². The Morgan fingerprint density at radius 2 is 2.07 bits per heavy atom. The molecule has 2 fully saturated rings. The number of aliphatic hydroxyl groups excluding tert-OH is 3. The van der Waals surface area contributed by atoms with E-state index in [9.17, 15) is 25.0 Å². The molecule has 2 amide bonds. The summed E-state index contributed by atoms with van der Waals surface area (Å²) in [5, 5.41) is 34.6. The van der Waals surface area contributed by atoms with Gasteiger partial charge in [-0.25, -0.2) is 4.79 Å². The molecular formula is C17H30ClN3O8. The van der Waals surface area contributed by atoms with Crippen LogP contribution in [-0.2, 0) is 14.2 Å². The lowest BCUT2D eigenvalue weighted by Gasteiger charge is -2.34. The van der Waals surface area contributed by atoms with Gasteiger partial charge in [0.25, 0.3) is 0 Å². The molecule has 0 saturated carbocycles. The van der Waals surface area contributed by atoms with Gasteiger partial charge in [0.2, 0.25) is 0 Å². The number of ether oxygens (including phenoxy) is 3. The third-order valence-corrected chi connectivity index (χ3v) is 4.93. The maximum Gasteiger partial charge on any atom is 0.345 e. The predicted octanol–water partition coefficient (Wildman–Crippen LogP) is 0.247. The van der Waals surface area contributed by atoms with Crippen molar-refractivity contribution in [2.75, 3.05) is 32.2 Å². The number of hydrogen-bond donors (Lipinski definition) is 3. The van der Waals surface area contributed by atoms with Crippen LogP contribution >= 0.6 is 11.6 Å². The van der Waals surface area contributed by atoms with Gasteiger partial charge in [0, 0.05) is 19.0 Å². The lowest BCUT2D eigenvalue weighted by atomic mass is 10.1. The fraction of sp³-hybridized carbons (Fsp3) is 0.941. The first kappa shape index (κ1) is 24.2. The van der Waals surface area contributed by atoms with E-state index in [-0.39, 0.29) is 37.6 Å². The number of nitroso groups, excluding NO2 is 1. The minimum atomic E-state index is -1.65. The second kappa shape index (κ2) is 11.3. The molecule has 0 aromatic carbocycles. The molecule has 0 bridgehead atoms. The molecule has 2 heterocycles. The highest BCUT2D eigenvalue weighted by atomic mass is 35.5. The van der Waals surface area contributed by atoms with Gasteiger partial charge in [-0.05, 0) is 18.8 Å². The van der Waals surface area contributed by atoms with Crippen molar-refractivity contribution in [3.63, 3.8) is 0 Å². The topological polar surface area (TPSA) is 141 Å². The molecule has 0 aliphatic carbocycles. The van der Waals surface area contributed by atoms with Gasteiger partial charge in [0.05, 0.1) is 24.5 Å². The van der Waals surface area contributed by atoms with Crippen molar-refractivity contribution in [1.29, 1.82) is 0 Å². The van der Waals surface area contributed by atoms with Crippen LogP contribution in [0.3, 0.4) is 0 Å². The quantitative estimate of drug-likeness (QED) is 0.190. The Hall–Kier alpha value is -1.08. The number of alkyl halides is 1. The van der Waals surface area contributed by atoms with Crippen molar-refractivity contribution in [1.82, 2.24) is 9.91 Å². The second-order valence-corrected chi connectivity index (χ2v) is 7.93. The number of carbonyl (C=O) groups excluding carboxylic acids is 1. The van der Waals surface area contributed by atoms with Gasteiger partial charge in [-0.3, -0.25) is 4.90 Å². The fourth-order valence-corrected chi connectivity index (χ4v) is 3.46. The number of rotatable bonds is 10. The Kier molecular flexibility index (Phi) is 9.47. The molecule has 0 spiro atoms. The van der Waals surface area contributed by atoms with Crippen LogP contribution in [0.25, 0.3) is 0 Å². The van der Waals surface area contributed by atoms with E-state index in [4.69, 9.17) is 25.8 Å². The van der Waals surface area contributed by atoms with E-state index in [0.717, 1.165) is 17.7 Å². The minimum Gasteiger partial charge on any atom is -0.387 e. The molecule has 0 aromatic heterocycles. The zero-order chi connectivity index (χ0) is 21.6. The van der Waals surface area contributed by atoms with Gasteiger partial charge in [-0.2, -0.15) is 5.01 Å². The van der Waals surface area contributed by atoms with Crippen LogP contribution < -0.4 is 0 Å². The van der Waals surface area contributed by atoms with E-state index < -0.39 is 36.9 Å². The molecule has 2 rings (SSSR count). The molecule has 11 nitrogen and oxygen atoms in total. The van der Waals surface area contributed by atoms with Crippen molar-refractivity contribution >= 4 is 17.6 Å². The Morgan fingerprint density at radius 1 is 1.34 bits per heavy atom. The summed E-state index contributed by atoms with van der Waals surface area (Å²) in [6.45, 7) is 4.34. The number of aliphatic hydroxyl groups is 3. The normalized spacial score (nSPS) is 30.5. The summed E-state index contributed by atoms with van der Waals surface area (Å²) in [5.74, 6) is -0.100. The Balaban J connectivity index is 2.06. The SMILES string of the molecule is CC(C)CN(C(=O)N(CCCl)N=O)C(O)[C@@H]1O[C@@H](OCC2CCCO2)[C@H](O)[C@@H]1O. The van der Waals surface area contributed by atoms with Crippen molar-refractivity contribution in [3.8, 4) is 0 Å². The zero-order valence-electron chi connectivity index (χ0n) is 16.6. The van der Waals surface area contributed by atoms with Crippen LogP contribution in [0.4, 0.5) is 4.79 Å². The summed E-state index contributed by atoms with van der Waals surface area (Å²) < 4.78 is 16.5. The van der Waals surface area contributed by atoms with Crippen molar-refractivity contribution in [2.24, 2.45) is 11.2 Å². The number of carbonyl (C=O) groups is 1. The number of amides is 2. The first-order valence-electron chi connectivity index (χ1n) is 9.70. The molecule has 0 radical (unpaired) electrons. The highest BCUT2D eigenvalue weighted by Gasteiger charge is 2.49. The fourth-order valence-electron chi connectivity index (χ4n) is 3.30. The van der Waals surface area contributed by atoms with Gasteiger partial charge in [0.1, 0.15) is 18.3 Å². The van der Waals surface area contributed by atoms with E-state index in [1.54, 1.807) is 0 Å². The smallest absolute Gasteiger partial charge is 0.345 e. The van der Waals surface area contributed by atoms with E-state index >= 15 is 0 Å². The molecule has 2 aliphatic rings. The van der Waals surface area contributed by atoms with Gasteiger partial charge in [-0.1, -0.05) is 13.8 Å². The second-order valence-electron chi connectivity index (χ2n) is 7.55. The van der Waals surface area contributed by atoms with Crippen molar-refractivity contribution in [3.05, 3.63) is 4.91 Å². The van der Waals surface area contributed by atoms with E-state index in [0.29, 0.717) is 11.6 Å². The Morgan fingerprint density at radius 3 is 2.62 bits per heavy atom. The average Bonchev–Trinajstić information content (AvgIpc) is 3.30. The van der Waals surface area contributed by atoms with E-state index in [2.05, 4.69) is 5.29 Å². The van der Waals surface area contributed by atoms with Crippen LogP contribution in [0.1, 0.15) is 26.7 Å². The van der Waals surface area contributed by atoms with Crippen LogP contribution in [-0.4, -0.2) is 100 Å². The predicted molar refractivity (Wildman–Crippen MR) is 102 cm³/mol. The third-order valence-electron chi connectivity index (χ3n) is 4.76. The lowest BCUT2D eigenvalue weighted by Crippen LogP contribution is -2.55. The molecule has 2 aliphatic heterocycles. The Bertz CT molecular complexity index is 537. The maximum absolute atomic E-state index is 12.7. The van der Waals surface area contributed by atoms with E-state index in [1.807, 2.05) is 13.8 Å². The minimum absolute atomic E-state index is 0.0243. The highest BCUT2D eigenvalue weighted by Crippen LogP contribution is 2.28. The van der Waals surface area contributed by atoms with Crippen LogP contribution in [0, 0.1) is 10.8 Å². The molecule has 2 saturated heterocycles. The van der Waals surface area contributed by atoms with Gasteiger partial charge < -0.3 is 29.5 Å². The number of hydrogen-bond acceptors (Lipinski definition) is 9. The molecule has 168 valence electrons. The van der Waals surface area contributed by atoms with Crippen LogP contribution in [0.15, 0.2) is 5.29 Å². The third kappa shape index (κ3) is 6.20. The monoisotopic (exact) mass is 439 g/mol. The molecule has 12 heteroatoms. The summed E-state index contributed by atoms with van der Waals surface area (Å²) in [6.07, 6.45) is -5.48. The molecule has 6 atom stereocenters. The summed E-state index contributed by atoms with van der Waals surface area (Å²) in [6, 6.07) is -0.879. The Labute approximate surface area is 174 Å². The summed E-state index contributed by atoms with van der Waals surface area (Å²) in [5.41, 5.74) is 0. The molecule has 29 heavy (non-hydrogen) atoms. The zero-order valence-corrected chi connectivity index (χ0v) is 17.3. The first-order chi connectivity index (χ1) is 13.8. The maximum atomic E-state index is 12.7. The molecule has 3 N–H and O–H groups in total. The van der Waals surface area contributed by atoms with Gasteiger partial charge in [0.15, 0.2) is 12.5 Å². The van der Waals surface area contributed by atoms with Crippen LogP contribution in [0.5, 0.6) is 0 Å². The molecule has 2 unspecified atom stereocenters. The van der Waals surface area contributed by atoms with Gasteiger partial charge in [-0.15, -0.1) is 16.5 Å². The standard InChI is InChI=1S/C17H30ClN3O8/c1-10(2)8-20(17(25)21(19-26)6-5-18)15(24)14-12(22)13(23)16(29-14)28-9-11-4-3-7-27-11/h10-16,22-24H,3-9H2,1-2H3/t11?,12-,13+,14+,15?,16+/m0/s1. The van der Waals surface area contributed by atoms with Gasteiger partial charge >= 0.3 is 6.03 Å². The number of urea groups is 1.